The monoisotopic (exact) mass is 538 g/mol. The summed E-state index contributed by atoms with van der Waals surface area (Å²) in [4.78, 5) is 36.3. The highest BCUT2D eigenvalue weighted by Gasteiger charge is 2.35. The third-order valence-electron chi connectivity index (χ3n) is 6.90. The number of benzene rings is 1. The Morgan fingerprint density at radius 1 is 1.21 bits per heavy atom. The molecule has 4 heterocycles. The molecule has 12 heteroatoms. The Labute approximate surface area is 221 Å². The summed E-state index contributed by atoms with van der Waals surface area (Å²) < 4.78 is 45.3. The molecule has 1 amide bonds. The number of nitrogens with zero attached hydrogens (tertiary/aromatic N) is 6. The largest absolute Gasteiger partial charge is 0.494 e. The first kappa shape index (κ1) is 26.1. The number of carbonyl (C=O) groups is 1. The molecule has 202 valence electrons. The van der Waals surface area contributed by atoms with Crippen molar-refractivity contribution in [2.75, 3.05) is 13.1 Å². The third-order valence-corrected chi connectivity index (χ3v) is 6.90. The summed E-state index contributed by atoms with van der Waals surface area (Å²) >= 11 is 0. The number of pyridine rings is 1. The van der Waals surface area contributed by atoms with Crippen molar-refractivity contribution in [3.8, 4) is 17.3 Å². The van der Waals surface area contributed by atoms with E-state index in [2.05, 4.69) is 15.1 Å². The van der Waals surface area contributed by atoms with Gasteiger partial charge < -0.3 is 10.0 Å². The first-order valence-corrected chi connectivity index (χ1v) is 12.4. The second-order valence-electron chi connectivity index (χ2n) is 9.45. The minimum absolute atomic E-state index is 0.0199. The Balaban J connectivity index is 1.61. The summed E-state index contributed by atoms with van der Waals surface area (Å²) in [6.07, 6.45) is 5.09. The molecule has 2 unspecified atom stereocenters. The molecule has 1 aliphatic rings. The maximum atomic E-state index is 14.3. The number of aromatic hydroxyl groups is 1. The number of hydrogen-bond donors (Lipinski definition) is 1. The number of hydrogen-bond acceptors (Lipinski definition) is 6. The van der Waals surface area contributed by atoms with Crippen molar-refractivity contribution in [2.24, 2.45) is 7.05 Å². The van der Waals surface area contributed by atoms with Crippen LogP contribution in [-0.4, -0.2) is 53.3 Å². The van der Waals surface area contributed by atoms with Crippen molar-refractivity contribution in [3.05, 3.63) is 93.5 Å². The van der Waals surface area contributed by atoms with Crippen LogP contribution in [0, 0.1) is 17.5 Å². The quantitative estimate of drug-likeness (QED) is 0.401. The molecule has 1 saturated heterocycles. The number of rotatable bonds is 6. The zero-order chi connectivity index (χ0) is 27.8. The first-order chi connectivity index (χ1) is 18.7. The van der Waals surface area contributed by atoms with Crippen molar-refractivity contribution < 1.29 is 23.1 Å². The van der Waals surface area contributed by atoms with E-state index in [9.17, 15) is 27.9 Å². The highest BCUT2D eigenvalue weighted by Crippen LogP contribution is 2.35. The summed E-state index contributed by atoms with van der Waals surface area (Å²) in [6.45, 7) is 2.02. The molecule has 9 nitrogen and oxygen atoms in total. The molecule has 1 fully saturated rings. The van der Waals surface area contributed by atoms with Crippen molar-refractivity contribution in [1.82, 2.24) is 29.2 Å². The minimum Gasteiger partial charge on any atom is -0.494 e. The molecule has 0 radical (unpaired) electrons. The lowest BCUT2D eigenvalue weighted by Gasteiger charge is -2.26. The van der Waals surface area contributed by atoms with Crippen LogP contribution in [0.3, 0.4) is 0 Å². The van der Waals surface area contributed by atoms with Crippen LogP contribution in [-0.2, 0) is 7.05 Å². The Kier molecular flexibility index (Phi) is 6.94. The number of likely N-dealkylation sites (tertiary alicyclic amines) is 1. The molecule has 0 bridgehead atoms. The average Bonchev–Trinajstić information content (AvgIpc) is 3.55. The zero-order valence-corrected chi connectivity index (χ0v) is 21.2. The van der Waals surface area contributed by atoms with Gasteiger partial charge in [0, 0.05) is 44.5 Å². The van der Waals surface area contributed by atoms with E-state index in [4.69, 9.17) is 0 Å². The highest BCUT2D eigenvalue weighted by atomic mass is 19.1. The Bertz CT molecular complexity index is 1600. The maximum Gasteiger partial charge on any atom is 0.290 e. The fraction of sp³-hybridized carbons (Fsp3) is 0.296. The fourth-order valence-corrected chi connectivity index (χ4v) is 5.10. The van der Waals surface area contributed by atoms with Gasteiger partial charge in [0.1, 0.15) is 17.5 Å². The number of halogens is 3. The molecule has 39 heavy (non-hydrogen) atoms. The van der Waals surface area contributed by atoms with E-state index in [1.54, 1.807) is 20.2 Å². The number of aryl methyl sites for hydroxylation is 1. The van der Waals surface area contributed by atoms with Gasteiger partial charge in [0.15, 0.2) is 11.4 Å². The van der Waals surface area contributed by atoms with E-state index >= 15 is 0 Å². The van der Waals surface area contributed by atoms with E-state index in [1.807, 2.05) is 0 Å². The lowest BCUT2D eigenvalue weighted by molar-refractivity contribution is 0.0783. The molecule has 1 aliphatic heterocycles. The normalized spacial score (nSPS) is 16.0. The molecule has 1 aromatic carbocycles. The smallest absolute Gasteiger partial charge is 0.290 e. The molecule has 3 aromatic heterocycles. The SMILES string of the molecule is CCC(c1cc(F)cc(F)c1)n1c(-c2cnn(C)c2)nc(=O)c(C(=O)N2CCC(c3ncccc3F)C2)c1O. The van der Waals surface area contributed by atoms with Gasteiger partial charge in [0.25, 0.3) is 11.5 Å². The van der Waals surface area contributed by atoms with Crippen LogP contribution in [0.5, 0.6) is 5.88 Å². The van der Waals surface area contributed by atoms with Gasteiger partial charge >= 0.3 is 0 Å². The van der Waals surface area contributed by atoms with Crippen molar-refractivity contribution in [3.63, 3.8) is 0 Å². The highest BCUT2D eigenvalue weighted by molar-refractivity contribution is 5.96. The molecule has 0 aliphatic carbocycles. The molecular formula is C27H25F3N6O3. The van der Waals surface area contributed by atoms with E-state index in [-0.39, 0.29) is 42.5 Å². The standard InChI is InChI=1S/C27H25F3N6O3/c1-3-21(16-9-18(28)11-19(29)10-16)36-24(17-12-32-34(2)13-17)33-25(37)22(27(36)39)26(38)35-8-6-15(14-35)23-20(30)5-4-7-31-23/h4-5,7,9-13,15,21,39H,3,6,8,14H2,1-2H3. The van der Waals surface area contributed by atoms with Gasteiger partial charge in [0.2, 0.25) is 5.88 Å². The number of aromatic nitrogens is 5. The summed E-state index contributed by atoms with van der Waals surface area (Å²) in [5.74, 6) is -4.01. The van der Waals surface area contributed by atoms with E-state index in [0.29, 0.717) is 12.0 Å². The van der Waals surface area contributed by atoms with Gasteiger partial charge in [-0.05, 0) is 42.7 Å². The molecular weight excluding hydrogens is 513 g/mol. The number of carbonyl (C=O) groups excluding carboxylic acids is 1. The van der Waals surface area contributed by atoms with Crippen molar-refractivity contribution in [1.29, 1.82) is 0 Å². The molecule has 0 saturated carbocycles. The van der Waals surface area contributed by atoms with Crippen LogP contribution < -0.4 is 5.56 Å². The zero-order valence-electron chi connectivity index (χ0n) is 21.2. The summed E-state index contributed by atoms with van der Waals surface area (Å²) in [7, 11) is 1.65. The third kappa shape index (κ3) is 4.89. The first-order valence-electron chi connectivity index (χ1n) is 12.4. The van der Waals surface area contributed by atoms with Crippen LogP contribution in [0.4, 0.5) is 13.2 Å². The average molecular weight is 539 g/mol. The second-order valence-corrected chi connectivity index (χ2v) is 9.45. The van der Waals surface area contributed by atoms with Crippen LogP contribution >= 0.6 is 0 Å². The lowest BCUT2D eigenvalue weighted by Crippen LogP contribution is -2.35. The Morgan fingerprint density at radius 2 is 1.95 bits per heavy atom. The molecule has 0 spiro atoms. The summed E-state index contributed by atoms with van der Waals surface area (Å²) in [5, 5.41) is 15.6. The molecule has 2 atom stereocenters. The molecule has 5 rings (SSSR count). The van der Waals surface area contributed by atoms with E-state index in [1.165, 1.54) is 38.7 Å². The summed E-state index contributed by atoms with van der Waals surface area (Å²) in [6, 6.07) is 4.84. The lowest BCUT2D eigenvalue weighted by atomic mass is 10.0. The Morgan fingerprint density at radius 3 is 2.59 bits per heavy atom. The van der Waals surface area contributed by atoms with Crippen LogP contribution in [0.2, 0.25) is 0 Å². The van der Waals surface area contributed by atoms with Gasteiger partial charge in [-0.15, -0.1) is 0 Å². The van der Waals surface area contributed by atoms with Gasteiger partial charge in [-0.2, -0.15) is 10.1 Å². The van der Waals surface area contributed by atoms with Crippen molar-refractivity contribution in [2.45, 2.75) is 31.7 Å². The van der Waals surface area contributed by atoms with Gasteiger partial charge in [-0.3, -0.25) is 23.8 Å². The maximum absolute atomic E-state index is 14.3. The second kappa shape index (κ2) is 10.4. The van der Waals surface area contributed by atoms with E-state index < -0.39 is 46.4 Å². The van der Waals surface area contributed by atoms with Gasteiger partial charge in [-0.25, -0.2) is 13.2 Å². The van der Waals surface area contributed by atoms with Crippen LogP contribution in [0.25, 0.3) is 11.4 Å². The van der Waals surface area contributed by atoms with Crippen LogP contribution in [0.1, 0.15) is 53.3 Å². The van der Waals surface area contributed by atoms with E-state index in [0.717, 1.165) is 18.2 Å². The summed E-state index contributed by atoms with van der Waals surface area (Å²) in [5.41, 5.74) is -0.809. The molecule has 4 aromatic rings. The van der Waals surface area contributed by atoms with Crippen LogP contribution in [0.15, 0.2) is 53.7 Å². The fourth-order valence-electron chi connectivity index (χ4n) is 5.10. The predicted octanol–water partition coefficient (Wildman–Crippen LogP) is 3.79. The minimum atomic E-state index is -0.972. The van der Waals surface area contributed by atoms with Gasteiger partial charge in [-0.1, -0.05) is 6.92 Å². The van der Waals surface area contributed by atoms with Crippen molar-refractivity contribution >= 4 is 5.91 Å². The molecule has 1 N–H and O–H groups in total. The number of amides is 1. The Hall–Kier alpha value is -4.48. The van der Waals surface area contributed by atoms with Gasteiger partial charge in [0.05, 0.1) is 23.5 Å². The topological polar surface area (TPSA) is 106 Å². The predicted molar refractivity (Wildman–Crippen MR) is 135 cm³/mol.